The smallest absolute Gasteiger partial charge is 0.315 e. The molecule has 6 nitrogen and oxygen atoms in total. The topological polar surface area (TPSA) is 86.7 Å². The summed E-state index contributed by atoms with van der Waals surface area (Å²) in [6.45, 7) is 1.19. The van der Waals surface area contributed by atoms with Crippen LogP contribution in [0.2, 0.25) is 0 Å². The molecule has 0 amide bonds. The third-order valence-electron chi connectivity index (χ3n) is 1.08. The van der Waals surface area contributed by atoms with E-state index in [1.807, 2.05) is 0 Å². The lowest BCUT2D eigenvalue weighted by Gasteiger charge is -2.14. The highest BCUT2D eigenvalue weighted by atomic mass is 32.3. The first-order chi connectivity index (χ1) is 4.92. The Morgan fingerprint density at radius 1 is 1.18 bits per heavy atom. The highest BCUT2D eigenvalue weighted by molar-refractivity contribution is 7.82. The molecule has 0 aliphatic carbocycles. The van der Waals surface area contributed by atoms with Gasteiger partial charge < -0.3 is 8.37 Å². The standard InChI is InChI=1S/C4H4O6S/c1-2-3(5)9-11(7,8)10-4(2)6/h2H,1H3. The fourth-order valence-corrected chi connectivity index (χ4v) is 1.18. The molecule has 0 bridgehead atoms. The van der Waals surface area contributed by atoms with Gasteiger partial charge in [-0.2, -0.15) is 0 Å². The Bertz CT molecular complexity index is 277. The predicted octanol–water partition coefficient (Wildman–Crippen LogP) is -1.03. The summed E-state index contributed by atoms with van der Waals surface area (Å²) in [6, 6.07) is 0. The van der Waals surface area contributed by atoms with E-state index in [1.165, 1.54) is 6.92 Å². The number of rotatable bonds is 0. The van der Waals surface area contributed by atoms with Gasteiger partial charge in [-0.25, -0.2) is 9.59 Å². The van der Waals surface area contributed by atoms with Gasteiger partial charge in [-0.15, -0.1) is 8.42 Å². The fourth-order valence-electron chi connectivity index (χ4n) is 0.459. The number of hydrogen-bond donors (Lipinski definition) is 0. The summed E-state index contributed by atoms with van der Waals surface area (Å²) in [5.74, 6) is -3.39. The summed E-state index contributed by atoms with van der Waals surface area (Å²) in [5.41, 5.74) is 0. The van der Waals surface area contributed by atoms with Crippen LogP contribution < -0.4 is 0 Å². The highest BCUT2D eigenvalue weighted by Gasteiger charge is 2.38. The second-order valence-electron chi connectivity index (χ2n) is 1.93. The number of carbonyl (C=O) groups is 2. The van der Waals surface area contributed by atoms with Gasteiger partial charge in [0.1, 0.15) is 0 Å². The molecule has 1 fully saturated rings. The molecule has 11 heavy (non-hydrogen) atoms. The molecule has 0 aromatic rings. The maximum atomic E-state index is 10.5. The zero-order valence-electron chi connectivity index (χ0n) is 5.44. The molecule has 1 aliphatic heterocycles. The van der Waals surface area contributed by atoms with Crippen LogP contribution >= 0.6 is 0 Å². The van der Waals surface area contributed by atoms with Crippen molar-refractivity contribution in [1.29, 1.82) is 0 Å². The number of hydrogen-bond acceptors (Lipinski definition) is 6. The normalized spacial score (nSPS) is 24.1. The first kappa shape index (κ1) is 7.99. The molecule has 0 aromatic carbocycles. The minimum atomic E-state index is -4.41. The van der Waals surface area contributed by atoms with E-state index in [1.54, 1.807) is 0 Å². The van der Waals surface area contributed by atoms with Crippen LogP contribution in [0.25, 0.3) is 0 Å². The van der Waals surface area contributed by atoms with Crippen LogP contribution in [0.3, 0.4) is 0 Å². The van der Waals surface area contributed by atoms with Gasteiger partial charge >= 0.3 is 22.3 Å². The van der Waals surface area contributed by atoms with E-state index in [0.717, 1.165) is 0 Å². The van der Waals surface area contributed by atoms with Crippen molar-refractivity contribution in [3.63, 3.8) is 0 Å². The van der Waals surface area contributed by atoms with Gasteiger partial charge in [0.05, 0.1) is 0 Å². The summed E-state index contributed by atoms with van der Waals surface area (Å²) in [5, 5.41) is 0. The molecule has 1 aliphatic rings. The highest BCUT2D eigenvalue weighted by Crippen LogP contribution is 2.14. The molecule has 0 atom stereocenters. The Kier molecular flexibility index (Phi) is 1.59. The quantitative estimate of drug-likeness (QED) is 0.443. The van der Waals surface area contributed by atoms with E-state index in [-0.39, 0.29) is 0 Å². The van der Waals surface area contributed by atoms with Crippen molar-refractivity contribution in [3.8, 4) is 0 Å². The van der Waals surface area contributed by atoms with Crippen molar-refractivity contribution >= 4 is 22.3 Å². The van der Waals surface area contributed by atoms with Gasteiger partial charge in [-0.05, 0) is 6.92 Å². The third kappa shape index (κ3) is 1.48. The average molecular weight is 180 g/mol. The van der Waals surface area contributed by atoms with Crippen molar-refractivity contribution in [2.24, 2.45) is 5.92 Å². The Labute approximate surface area is 62.4 Å². The van der Waals surface area contributed by atoms with E-state index < -0.39 is 28.3 Å². The molecule has 0 N–H and O–H groups in total. The zero-order valence-corrected chi connectivity index (χ0v) is 6.25. The van der Waals surface area contributed by atoms with E-state index in [4.69, 9.17) is 0 Å². The molecular weight excluding hydrogens is 176 g/mol. The summed E-state index contributed by atoms with van der Waals surface area (Å²) < 4.78 is 28.2. The molecule has 1 rings (SSSR count). The average Bonchev–Trinajstić information content (AvgIpc) is 1.81. The molecule has 1 heterocycles. The minimum absolute atomic E-state index is 1.11. The van der Waals surface area contributed by atoms with Crippen LogP contribution in [0, 0.1) is 5.92 Å². The Morgan fingerprint density at radius 3 is 1.91 bits per heavy atom. The summed E-state index contributed by atoms with van der Waals surface area (Å²) in [6.07, 6.45) is 0. The molecule has 1 saturated heterocycles. The lowest BCUT2D eigenvalue weighted by atomic mass is 10.2. The lowest BCUT2D eigenvalue weighted by molar-refractivity contribution is -0.155. The Morgan fingerprint density at radius 2 is 1.55 bits per heavy atom. The fraction of sp³-hybridized carbons (Fsp3) is 0.500. The first-order valence-electron chi connectivity index (χ1n) is 2.64. The van der Waals surface area contributed by atoms with Gasteiger partial charge in [0, 0.05) is 0 Å². The van der Waals surface area contributed by atoms with Gasteiger partial charge in [0.15, 0.2) is 5.92 Å². The van der Waals surface area contributed by atoms with Crippen molar-refractivity contribution in [2.45, 2.75) is 6.92 Å². The second kappa shape index (κ2) is 2.19. The zero-order chi connectivity index (χ0) is 8.65. The molecule has 62 valence electrons. The van der Waals surface area contributed by atoms with E-state index in [9.17, 15) is 18.0 Å². The Balaban J connectivity index is 2.96. The maximum Gasteiger partial charge on any atom is 0.506 e. The maximum absolute atomic E-state index is 10.5. The van der Waals surface area contributed by atoms with Gasteiger partial charge in [0.25, 0.3) is 0 Å². The van der Waals surface area contributed by atoms with Gasteiger partial charge in [0.2, 0.25) is 0 Å². The molecule has 0 unspecified atom stereocenters. The van der Waals surface area contributed by atoms with Crippen molar-refractivity contribution in [3.05, 3.63) is 0 Å². The molecule has 0 saturated carbocycles. The van der Waals surface area contributed by atoms with Crippen LogP contribution in [0.1, 0.15) is 6.92 Å². The van der Waals surface area contributed by atoms with Crippen LogP contribution in [-0.4, -0.2) is 20.4 Å². The second-order valence-corrected chi connectivity index (χ2v) is 3.08. The van der Waals surface area contributed by atoms with Crippen LogP contribution in [0.15, 0.2) is 0 Å². The number of carbonyl (C=O) groups excluding carboxylic acids is 2. The molecule has 0 spiro atoms. The molecule has 0 radical (unpaired) electrons. The summed E-state index contributed by atoms with van der Waals surface area (Å²) in [4.78, 5) is 21.0. The Hall–Kier alpha value is -1.11. The summed E-state index contributed by atoms with van der Waals surface area (Å²) >= 11 is 0. The van der Waals surface area contributed by atoms with Gasteiger partial charge in [-0.1, -0.05) is 0 Å². The van der Waals surface area contributed by atoms with E-state index >= 15 is 0 Å². The van der Waals surface area contributed by atoms with Crippen LogP contribution in [0.4, 0.5) is 0 Å². The minimum Gasteiger partial charge on any atom is -0.315 e. The first-order valence-corrected chi connectivity index (χ1v) is 3.97. The predicted molar refractivity (Wildman–Crippen MR) is 30.3 cm³/mol. The molecular formula is C4H4O6S. The van der Waals surface area contributed by atoms with Crippen molar-refractivity contribution in [2.75, 3.05) is 0 Å². The monoisotopic (exact) mass is 180 g/mol. The van der Waals surface area contributed by atoms with E-state index in [0.29, 0.717) is 0 Å². The third-order valence-corrected chi connectivity index (χ3v) is 1.81. The van der Waals surface area contributed by atoms with Crippen LogP contribution in [0.5, 0.6) is 0 Å². The van der Waals surface area contributed by atoms with Crippen molar-refractivity contribution in [1.82, 2.24) is 0 Å². The lowest BCUT2D eigenvalue weighted by Crippen LogP contribution is -2.35. The summed E-state index contributed by atoms with van der Waals surface area (Å²) in [7, 11) is -4.41. The SMILES string of the molecule is CC1C(=O)OS(=O)(=O)OC1=O. The molecule has 7 heteroatoms. The largest absolute Gasteiger partial charge is 0.506 e. The van der Waals surface area contributed by atoms with E-state index in [2.05, 4.69) is 8.37 Å². The molecule has 0 aromatic heterocycles. The van der Waals surface area contributed by atoms with Crippen LogP contribution in [-0.2, 0) is 28.4 Å². The van der Waals surface area contributed by atoms with Crippen molar-refractivity contribution < 1.29 is 26.4 Å². The van der Waals surface area contributed by atoms with Gasteiger partial charge in [-0.3, -0.25) is 0 Å².